The first-order valence-electron chi connectivity index (χ1n) is 9.85. The van der Waals surface area contributed by atoms with E-state index in [1.54, 1.807) is 39.0 Å². The largest absolute Gasteiger partial charge is 0.464 e. The number of ether oxygens (including phenoxy) is 2. The highest BCUT2D eigenvalue weighted by atomic mass is 16.5. The van der Waals surface area contributed by atoms with Crippen LogP contribution in [-0.2, 0) is 17.2 Å². The van der Waals surface area contributed by atoms with Gasteiger partial charge in [0, 0.05) is 25.8 Å². The van der Waals surface area contributed by atoms with Gasteiger partial charge in [0.25, 0.3) is 11.4 Å². The molecule has 3 aromatic rings. The molecular formula is C22H22N4O7. The second kappa shape index (κ2) is 9.15. The number of ketones is 1. The van der Waals surface area contributed by atoms with Crippen molar-refractivity contribution in [3.8, 4) is 5.75 Å². The maximum absolute atomic E-state index is 13.1. The number of carbonyl (C=O) groups excluding carboxylic acids is 3. The first-order valence-corrected chi connectivity index (χ1v) is 9.85. The van der Waals surface area contributed by atoms with Crippen LogP contribution in [0.4, 0.5) is 0 Å². The van der Waals surface area contributed by atoms with Gasteiger partial charge in [-0.25, -0.2) is 14.6 Å². The Hall–Kier alpha value is -4.15. The standard InChI is InChI=1S/C22H22N4O7/c1-12-24-25-17(32-12)14(27)11-22(2,3)21-23-15(20(30)31-5)16(18(28)26(21)4)33-19(29)13-9-7-6-8-10-13/h6-10H,11H2,1-5H3. The van der Waals surface area contributed by atoms with Gasteiger partial charge in [0.1, 0.15) is 5.82 Å². The molecule has 0 bridgehead atoms. The van der Waals surface area contributed by atoms with Gasteiger partial charge in [-0.05, 0) is 12.1 Å². The van der Waals surface area contributed by atoms with Crippen LogP contribution >= 0.6 is 0 Å². The zero-order chi connectivity index (χ0) is 24.3. The molecular weight excluding hydrogens is 432 g/mol. The van der Waals surface area contributed by atoms with Crippen LogP contribution < -0.4 is 10.3 Å². The fourth-order valence-corrected chi connectivity index (χ4v) is 3.20. The number of hydrogen-bond acceptors (Lipinski definition) is 10. The van der Waals surface area contributed by atoms with Gasteiger partial charge in [0.05, 0.1) is 12.7 Å². The van der Waals surface area contributed by atoms with Crippen molar-refractivity contribution in [3.05, 3.63) is 69.5 Å². The van der Waals surface area contributed by atoms with Gasteiger partial charge in [-0.1, -0.05) is 32.0 Å². The van der Waals surface area contributed by atoms with Crippen LogP contribution in [0.1, 0.15) is 63.5 Å². The lowest BCUT2D eigenvalue weighted by molar-refractivity contribution is 0.0583. The topological polar surface area (TPSA) is 143 Å². The van der Waals surface area contributed by atoms with Crippen LogP contribution in [-0.4, -0.2) is 44.6 Å². The zero-order valence-corrected chi connectivity index (χ0v) is 18.7. The third kappa shape index (κ3) is 4.86. The predicted molar refractivity (Wildman–Crippen MR) is 113 cm³/mol. The van der Waals surface area contributed by atoms with Crippen LogP contribution in [0.3, 0.4) is 0 Å². The van der Waals surface area contributed by atoms with E-state index in [4.69, 9.17) is 13.9 Å². The fourth-order valence-electron chi connectivity index (χ4n) is 3.20. The van der Waals surface area contributed by atoms with Crippen molar-refractivity contribution in [2.45, 2.75) is 32.6 Å². The van der Waals surface area contributed by atoms with Crippen LogP contribution in [0.5, 0.6) is 5.75 Å². The van der Waals surface area contributed by atoms with Gasteiger partial charge in [0.2, 0.25) is 17.4 Å². The Bertz CT molecular complexity index is 1280. The Labute approximate surface area is 188 Å². The van der Waals surface area contributed by atoms with Gasteiger partial charge < -0.3 is 13.9 Å². The van der Waals surface area contributed by atoms with E-state index in [-0.39, 0.29) is 29.6 Å². The minimum absolute atomic E-state index is 0.0944. The Kier molecular flexibility index (Phi) is 6.52. The Morgan fingerprint density at radius 3 is 2.33 bits per heavy atom. The molecule has 0 aliphatic heterocycles. The van der Waals surface area contributed by atoms with Crippen LogP contribution in [0.2, 0.25) is 0 Å². The number of aromatic nitrogens is 4. The number of carbonyl (C=O) groups is 3. The fraction of sp³-hybridized carbons (Fsp3) is 0.318. The third-order valence-electron chi connectivity index (χ3n) is 4.80. The van der Waals surface area contributed by atoms with Gasteiger partial charge in [-0.3, -0.25) is 14.2 Å². The summed E-state index contributed by atoms with van der Waals surface area (Å²) < 4.78 is 16.3. The zero-order valence-electron chi connectivity index (χ0n) is 18.7. The van der Waals surface area contributed by atoms with E-state index in [2.05, 4.69) is 15.2 Å². The average molecular weight is 454 g/mol. The number of methoxy groups -OCH3 is 1. The summed E-state index contributed by atoms with van der Waals surface area (Å²) in [4.78, 5) is 54.9. The van der Waals surface area contributed by atoms with Gasteiger partial charge in [0.15, 0.2) is 5.69 Å². The normalized spacial score (nSPS) is 11.2. The van der Waals surface area contributed by atoms with E-state index < -0.39 is 40.1 Å². The van der Waals surface area contributed by atoms with Crippen LogP contribution in [0, 0.1) is 6.92 Å². The van der Waals surface area contributed by atoms with E-state index in [9.17, 15) is 19.2 Å². The van der Waals surface area contributed by atoms with Crippen LogP contribution in [0.25, 0.3) is 0 Å². The minimum atomic E-state index is -1.04. The molecule has 0 spiro atoms. The summed E-state index contributed by atoms with van der Waals surface area (Å²) in [5.74, 6) is -2.69. The molecule has 0 aliphatic rings. The van der Waals surface area contributed by atoms with Crippen molar-refractivity contribution < 1.29 is 28.3 Å². The van der Waals surface area contributed by atoms with Gasteiger partial charge in [-0.2, -0.15) is 0 Å². The van der Waals surface area contributed by atoms with Gasteiger partial charge in [-0.15, -0.1) is 10.2 Å². The van der Waals surface area contributed by atoms with E-state index in [0.29, 0.717) is 0 Å². The lowest BCUT2D eigenvalue weighted by Crippen LogP contribution is -2.36. The second-order valence-electron chi connectivity index (χ2n) is 7.83. The van der Waals surface area contributed by atoms with E-state index in [1.807, 2.05) is 0 Å². The summed E-state index contributed by atoms with van der Waals surface area (Å²) in [6.07, 6.45) is -0.154. The molecule has 2 heterocycles. The van der Waals surface area contributed by atoms with Crippen molar-refractivity contribution in [1.82, 2.24) is 19.7 Å². The molecule has 0 N–H and O–H groups in total. The molecule has 33 heavy (non-hydrogen) atoms. The van der Waals surface area contributed by atoms with E-state index in [0.717, 1.165) is 11.7 Å². The monoisotopic (exact) mass is 454 g/mol. The lowest BCUT2D eigenvalue weighted by Gasteiger charge is -2.25. The SMILES string of the molecule is COC(=O)c1nc(C(C)(C)CC(=O)c2nnc(C)o2)n(C)c(=O)c1OC(=O)c1ccccc1. The summed E-state index contributed by atoms with van der Waals surface area (Å²) in [6.45, 7) is 4.87. The first kappa shape index (κ1) is 23.5. The summed E-state index contributed by atoms with van der Waals surface area (Å²) in [5, 5.41) is 7.35. The van der Waals surface area contributed by atoms with E-state index >= 15 is 0 Å². The summed E-state index contributed by atoms with van der Waals surface area (Å²) in [7, 11) is 2.51. The number of hydrogen-bond donors (Lipinski definition) is 0. The Balaban J connectivity index is 2.04. The third-order valence-corrected chi connectivity index (χ3v) is 4.80. The second-order valence-corrected chi connectivity index (χ2v) is 7.83. The highest BCUT2D eigenvalue weighted by Gasteiger charge is 2.34. The molecule has 0 atom stereocenters. The molecule has 1 aromatic carbocycles. The first-order chi connectivity index (χ1) is 15.5. The minimum Gasteiger partial charge on any atom is -0.464 e. The smallest absolute Gasteiger partial charge is 0.360 e. The molecule has 0 amide bonds. The number of rotatable bonds is 7. The molecule has 2 aromatic heterocycles. The number of nitrogens with zero attached hydrogens (tertiary/aromatic N) is 4. The lowest BCUT2D eigenvalue weighted by atomic mass is 9.85. The molecule has 0 saturated heterocycles. The van der Waals surface area contributed by atoms with Gasteiger partial charge >= 0.3 is 11.9 Å². The Morgan fingerprint density at radius 2 is 1.76 bits per heavy atom. The van der Waals surface area contributed by atoms with Crippen molar-refractivity contribution in [1.29, 1.82) is 0 Å². The molecule has 172 valence electrons. The van der Waals surface area contributed by atoms with Crippen LogP contribution in [0.15, 0.2) is 39.5 Å². The van der Waals surface area contributed by atoms with Crippen molar-refractivity contribution >= 4 is 17.7 Å². The maximum Gasteiger partial charge on any atom is 0.360 e. The molecule has 0 saturated carbocycles. The van der Waals surface area contributed by atoms with E-state index in [1.165, 1.54) is 19.2 Å². The number of benzene rings is 1. The number of esters is 2. The molecule has 0 radical (unpaired) electrons. The van der Waals surface area contributed by atoms with Crippen molar-refractivity contribution in [2.24, 2.45) is 7.05 Å². The highest BCUT2D eigenvalue weighted by Crippen LogP contribution is 2.28. The number of Topliss-reactive ketones (excluding diaryl/α,β-unsaturated/α-hetero) is 1. The highest BCUT2D eigenvalue weighted by molar-refractivity contribution is 5.95. The molecule has 0 unspecified atom stereocenters. The number of aryl methyl sites for hydroxylation is 1. The molecule has 0 fully saturated rings. The molecule has 0 aliphatic carbocycles. The summed E-state index contributed by atoms with van der Waals surface area (Å²) >= 11 is 0. The van der Waals surface area contributed by atoms with Crippen molar-refractivity contribution in [3.63, 3.8) is 0 Å². The molecule has 11 heteroatoms. The summed E-state index contributed by atoms with van der Waals surface area (Å²) in [5.41, 5.74) is -2.13. The molecule has 3 rings (SSSR count). The molecule has 11 nitrogen and oxygen atoms in total. The quantitative estimate of drug-likeness (QED) is 0.384. The maximum atomic E-state index is 13.1. The average Bonchev–Trinajstić information content (AvgIpc) is 3.23. The predicted octanol–water partition coefficient (Wildman–Crippen LogP) is 2.03. The van der Waals surface area contributed by atoms with Crippen molar-refractivity contribution in [2.75, 3.05) is 7.11 Å². The Morgan fingerprint density at radius 1 is 1.09 bits per heavy atom. The summed E-state index contributed by atoms with van der Waals surface area (Å²) in [6, 6.07) is 7.97.